The van der Waals surface area contributed by atoms with Crippen molar-refractivity contribution in [1.82, 2.24) is 4.90 Å². The molecule has 0 rings (SSSR count). The third kappa shape index (κ3) is 4.82. The van der Waals surface area contributed by atoms with Crippen LogP contribution in [0.4, 0.5) is 0 Å². The summed E-state index contributed by atoms with van der Waals surface area (Å²) in [4.78, 5) is 1.17. The molecule has 3 unspecified atom stereocenters. The Kier molecular flexibility index (Phi) is 7.69. The fraction of sp³-hybridized carbons (Fsp3) is 1.00. The predicted octanol–water partition coefficient (Wildman–Crippen LogP) is -0.699. The van der Waals surface area contributed by atoms with Crippen LogP contribution in [0.3, 0.4) is 0 Å². The molecule has 0 aliphatic rings. The molecule has 0 aromatic rings. The minimum Gasteiger partial charge on any atom is -0.379 e. The SMILES string of the molecule is CC(O)N(C(C)O)C(C)O.[Zn]. The van der Waals surface area contributed by atoms with Crippen LogP contribution in [-0.2, 0) is 19.5 Å². The van der Waals surface area contributed by atoms with Crippen LogP contribution in [0, 0.1) is 0 Å². The molecule has 0 aromatic carbocycles. The second kappa shape index (κ2) is 6.03. The molecule has 0 aromatic heterocycles. The van der Waals surface area contributed by atoms with Crippen LogP contribution in [0.1, 0.15) is 20.8 Å². The molecule has 0 aliphatic heterocycles. The van der Waals surface area contributed by atoms with Crippen LogP contribution >= 0.6 is 0 Å². The molecule has 0 saturated heterocycles. The summed E-state index contributed by atoms with van der Waals surface area (Å²) in [5.41, 5.74) is 0. The van der Waals surface area contributed by atoms with Crippen molar-refractivity contribution in [1.29, 1.82) is 0 Å². The summed E-state index contributed by atoms with van der Waals surface area (Å²) < 4.78 is 0. The quantitative estimate of drug-likeness (QED) is 0.430. The van der Waals surface area contributed by atoms with E-state index in [2.05, 4.69) is 0 Å². The largest absolute Gasteiger partial charge is 0.379 e. The normalized spacial score (nSPS) is 18.8. The van der Waals surface area contributed by atoms with E-state index < -0.39 is 18.7 Å². The maximum absolute atomic E-state index is 8.96. The number of aliphatic hydroxyl groups excluding tert-OH is 3. The van der Waals surface area contributed by atoms with E-state index in [4.69, 9.17) is 15.3 Å². The zero-order chi connectivity index (χ0) is 8.31. The van der Waals surface area contributed by atoms with Gasteiger partial charge in [0.15, 0.2) is 0 Å². The number of hydrogen-bond donors (Lipinski definition) is 3. The summed E-state index contributed by atoms with van der Waals surface area (Å²) in [6.45, 7) is 4.46. The molecule has 0 heterocycles. The van der Waals surface area contributed by atoms with Gasteiger partial charge < -0.3 is 15.3 Å². The Morgan fingerprint density at radius 3 is 1.00 bits per heavy atom. The van der Waals surface area contributed by atoms with Gasteiger partial charge in [-0.15, -0.1) is 0 Å². The third-order valence-electron chi connectivity index (χ3n) is 1.29. The minimum absolute atomic E-state index is 0. The Hall–Kier alpha value is 0.463. The fourth-order valence-electron chi connectivity index (χ4n) is 0.937. The van der Waals surface area contributed by atoms with E-state index >= 15 is 0 Å². The van der Waals surface area contributed by atoms with Crippen molar-refractivity contribution in [3.05, 3.63) is 0 Å². The molecule has 5 heteroatoms. The molecule has 0 radical (unpaired) electrons. The first-order chi connectivity index (χ1) is 4.46. The van der Waals surface area contributed by atoms with Gasteiger partial charge in [-0.1, -0.05) is 0 Å². The van der Waals surface area contributed by atoms with Gasteiger partial charge in [0.1, 0.15) is 18.7 Å². The van der Waals surface area contributed by atoms with Crippen molar-refractivity contribution in [3.8, 4) is 0 Å². The zero-order valence-electron chi connectivity index (χ0n) is 7.23. The van der Waals surface area contributed by atoms with Gasteiger partial charge in [0.2, 0.25) is 0 Å². The molecule has 4 nitrogen and oxygen atoms in total. The van der Waals surface area contributed by atoms with Crippen LogP contribution in [0.15, 0.2) is 0 Å². The van der Waals surface area contributed by atoms with E-state index in [-0.39, 0.29) is 19.5 Å². The molecule has 0 fully saturated rings. The van der Waals surface area contributed by atoms with Gasteiger partial charge in [0.25, 0.3) is 0 Å². The van der Waals surface area contributed by atoms with Crippen LogP contribution < -0.4 is 0 Å². The Bertz CT molecular complexity index is 78.8. The zero-order valence-corrected chi connectivity index (χ0v) is 10.2. The van der Waals surface area contributed by atoms with Gasteiger partial charge in [-0.2, -0.15) is 0 Å². The van der Waals surface area contributed by atoms with Gasteiger partial charge >= 0.3 is 0 Å². The summed E-state index contributed by atoms with van der Waals surface area (Å²) in [5.74, 6) is 0. The Morgan fingerprint density at radius 2 is 1.00 bits per heavy atom. The molecule has 0 amide bonds. The summed E-state index contributed by atoms with van der Waals surface area (Å²) in [5, 5.41) is 26.9. The molecule has 3 N–H and O–H groups in total. The Labute approximate surface area is 79.6 Å². The summed E-state index contributed by atoms with van der Waals surface area (Å²) in [6, 6.07) is 0. The monoisotopic (exact) mass is 213 g/mol. The summed E-state index contributed by atoms with van der Waals surface area (Å²) in [6.07, 6.45) is -2.50. The third-order valence-corrected chi connectivity index (χ3v) is 1.29. The number of aliphatic hydroxyl groups is 3. The summed E-state index contributed by atoms with van der Waals surface area (Å²) in [7, 11) is 0. The van der Waals surface area contributed by atoms with Crippen molar-refractivity contribution in [2.45, 2.75) is 39.5 Å². The second-order valence-electron chi connectivity index (χ2n) is 2.34. The van der Waals surface area contributed by atoms with Crippen molar-refractivity contribution in [3.63, 3.8) is 0 Å². The molecule has 0 saturated carbocycles. The average molecular weight is 215 g/mol. The molecule has 64 valence electrons. The van der Waals surface area contributed by atoms with E-state index in [9.17, 15) is 0 Å². The minimum atomic E-state index is -0.833. The molecule has 0 bridgehead atoms. The molecule has 0 spiro atoms. The van der Waals surface area contributed by atoms with E-state index in [1.54, 1.807) is 0 Å². The Balaban J connectivity index is 0. The van der Waals surface area contributed by atoms with E-state index in [0.29, 0.717) is 0 Å². The smallest absolute Gasteiger partial charge is 0.108 e. The molecule has 3 atom stereocenters. The first-order valence-corrected chi connectivity index (χ1v) is 3.28. The number of nitrogens with zero attached hydrogens (tertiary/aromatic N) is 1. The number of rotatable bonds is 3. The second-order valence-corrected chi connectivity index (χ2v) is 2.34. The first-order valence-electron chi connectivity index (χ1n) is 3.28. The van der Waals surface area contributed by atoms with Crippen molar-refractivity contribution < 1.29 is 34.8 Å². The summed E-state index contributed by atoms with van der Waals surface area (Å²) >= 11 is 0. The fourth-order valence-corrected chi connectivity index (χ4v) is 0.937. The molecule has 11 heavy (non-hydrogen) atoms. The van der Waals surface area contributed by atoms with Gasteiger partial charge in [-0.3, -0.25) is 0 Å². The number of hydrogen-bond acceptors (Lipinski definition) is 4. The molecular weight excluding hydrogens is 199 g/mol. The topological polar surface area (TPSA) is 63.9 Å². The van der Waals surface area contributed by atoms with Crippen LogP contribution in [0.5, 0.6) is 0 Å². The van der Waals surface area contributed by atoms with Crippen molar-refractivity contribution in [2.24, 2.45) is 0 Å². The van der Waals surface area contributed by atoms with Crippen LogP contribution in [0.25, 0.3) is 0 Å². The maximum Gasteiger partial charge on any atom is 0.108 e. The standard InChI is InChI=1S/C6H15NO3.Zn/c1-4(8)7(5(2)9)6(3)10;/h4-6,8-10H,1-3H3;. The van der Waals surface area contributed by atoms with E-state index in [1.807, 2.05) is 0 Å². The van der Waals surface area contributed by atoms with Crippen LogP contribution in [0.2, 0.25) is 0 Å². The van der Waals surface area contributed by atoms with Crippen molar-refractivity contribution >= 4 is 0 Å². The predicted molar refractivity (Wildman–Crippen MR) is 36.9 cm³/mol. The van der Waals surface area contributed by atoms with Crippen molar-refractivity contribution in [2.75, 3.05) is 0 Å². The van der Waals surface area contributed by atoms with Gasteiger partial charge in [-0.25, -0.2) is 4.90 Å². The van der Waals surface area contributed by atoms with Gasteiger partial charge in [-0.05, 0) is 20.8 Å². The van der Waals surface area contributed by atoms with Gasteiger partial charge in [0.05, 0.1) is 0 Å². The maximum atomic E-state index is 8.96. The molecular formula is C6H15NO3Zn. The van der Waals surface area contributed by atoms with Crippen LogP contribution in [-0.4, -0.2) is 38.9 Å². The average Bonchev–Trinajstić information content (AvgIpc) is 1.59. The molecule has 0 aliphatic carbocycles. The van der Waals surface area contributed by atoms with E-state index in [1.165, 1.54) is 25.7 Å². The first kappa shape index (κ1) is 14.0. The van der Waals surface area contributed by atoms with Gasteiger partial charge in [0, 0.05) is 19.5 Å². The van der Waals surface area contributed by atoms with E-state index in [0.717, 1.165) is 0 Å². The Morgan fingerprint density at radius 1 is 0.818 bits per heavy atom.